The van der Waals surface area contributed by atoms with Crippen LogP contribution in [0, 0.1) is 0 Å². The predicted molar refractivity (Wildman–Crippen MR) is 68.4 cm³/mol. The standard InChI is InChI=1S/5C2H6N.Ta/c5*1-3-2;/h5*1-2H3;/q5*-1;+4. The van der Waals surface area contributed by atoms with Crippen LogP contribution in [0.5, 0.6) is 0 Å². The Morgan fingerprint density at radius 2 is 0.500 bits per heavy atom. The van der Waals surface area contributed by atoms with E-state index >= 15 is 0 Å². The fourth-order valence-electron chi connectivity index (χ4n) is 3.58. The summed E-state index contributed by atoms with van der Waals surface area (Å²) in [6.07, 6.45) is 0. The van der Waals surface area contributed by atoms with Gasteiger partial charge in [-0.1, -0.05) is 0 Å². The zero-order valence-corrected chi connectivity index (χ0v) is 15.9. The molecule has 0 rings (SSSR count). The van der Waals surface area contributed by atoms with Gasteiger partial charge in [0.05, 0.1) is 0 Å². The van der Waals surface area contributed by atoms with Gasteiger partial charge in [-0.05, 0) is 0 Å². The monoisotopic (exact) mass is 401 g/mol. The molecule has 0 N–H and O–H groups in total. The first-order valence-corrected chi connectivity index (χ1v) is 12.7. The Bertz CT molecular complexity index is 173. The van der Waals surface area contributed by atoms with Gasteiger partial charge in [0.1, 0.15) is 0 Å². The third-order valence-corrected chi connectivity index (χ3v) is 29.3. The topological polar surface area (TPSA) is 16.2 Å². The summed E-state index contributed by atoms with van der Waals surface area (Å²) in [7, 11) is 21.9. The molecule has 6 heteroatoms. The predicted octanol–water partition coefficient (Wildman–Crippen LogP) is 0.0590. The molecule has 5 nitrogen and oxygen atoms in total. The van der Waals surface area contributed by atoms with Gasteiger partial charge in [-0.25, -0.2) is 0 Å². The van der Waals surface area contributed by atoms with E-state index in [0.29, 0.717) is 0 Å². The second-order valence-corrected chi connectivity index (χ2v) is 25.9. The van der Waals surface area contributed by atoms with Gasteiger partial charge in [0.15, 0.2) is 0 Å². The van der Waals surface area contributed by atoms with Crippen LogP contribution in [-0.2, 0) is 17.1 Å². The van der Waals surface area contributed by atoms with Gasteiger partial charge in [0.25, 0.3) is 0 Å². The Morgan fingerprint density at radius 3 is 0.500 bits per heavy atom. The van der Waals surface area contributed by atoms with Gasteiger partial charge in [0, 0.05) is 0 Å². The molecule has 0 fully saturated rings. The first-order valence-electron chi connectivity index (χ1n) is 5.47. The summed E-state index contributed by atoms with van der Waals surface area (Å²) in [4.78, 5) is 0. The minimum atomic E-state index is -3.68. The van der Waals surface area contributed by atoms with Gasteiger partial charge in [0.2, 0.25) is 0 Å². The molecule has 0 aliphatic heterocycles. The van der Waals surface area contributed by atoms with Crippen molar-refractivity contribution in [1.82, 2.24) is 16.5 Å². The van der Waals surface area contributed by atoms with Crippen molar-refractivity contribution in [2.75, 3.05) is 70.5 Å². The Labute approximate surface area is 104 Å². The van der Waals surface area contributed by atoms with Crippen molar-refractivity contribution >= 4 is 0 Å². The summed E-state index contributed by atoms with van der Waals surface area (Å²) in [6, 6.07) is 0. The Kier molecular flexibility index (Phi) is 5.21. The van der Waals surface area contributed by atoms with Crippen molar-refractivity contribution in [3.63, 3.8) is 0 Å². The zero-order chi connectivity index (χ0) is 13.3. The van der Waals surface area contributed by atoms with E-state index in [2.05, 4.69) is 87.0 Å². The molecule has 0 saturated carbocycles. The first kappa shape index (κ1) is 16.5. The quantitative estimate of drug-likeness (QED) is 0.646. The van der Waals surface area contributed by atoms with E-state index < -0.39 is 17.1 Å². The molecule has 0 aromatic heterocycles. The molecule has 0 bridgehead atoms. The molecule has 0 aromatic rings. The molecule has 0 heterocycles. The van der Waals surface area contributed by atoms with Crippen LogP contribution in [0.3, 0.4) is 0 Å². The number of nitrogens with zero attached hydrogens (tertiary/aromatic N) is 5. The molecule has 0 amide bonds. The van der Waals surface area contributed by atoms with Crippen LogP contribution in [-0.4, -0.2) is 87.0 Å². The number of hydrogen-bond acceptors (Lipinski definition) is 5. The summed E-state index contributed by atoms with van der Waals surface area (Å²) < 4.78 is 12.1. The summed E-state index contributed by atoms with van der Waals surface area (Å²) in [6.45, 7) is 0. The Hall–Kier alpha value is 0.540. The third-order valence-electron chi connectivity index (χ3n) is 3.58. The van der Waals surface area contributed by atoms with E-state index in [0.717, 1.165) is 0 Å². The van der Waals surface area contributed by atoms with Crippen LogP contribution in [0.4, 0.5) is 0 Å². The van der Waals surface area contributed by atoms with Crippen molar-refractivity contribution in [2.45, 2.75) is 0 Å². The van der Waals surface area contributed by atoms with Gasteiger partial charge < -0.3 is 0 Å². The Morgan fingerprint density at radius 1 is 0.375 bits per heavy atom. The molecule has 0 atom stereocenters. The van der Waals surface area contributed by atoms with Crippen LogP contribution in [0.25, 0.3) is 0 Å². The number of hydrogen-bond donors (Lipinski definition) is 0. The van der Waals surface area contributed by atoms with E-state index in [1.165, 1.54) is 0 Å². The van der Waals surface area contributed by atoms with Gasteiger partial charge in [-0.3, -0.25) is 0 Å². The second-order valence-electron chi connectivity index (χ2n) is 5.13. The minimum absolute atomic E-state index is 2.19. The average molecular weight is 401 g/mol. The maximum absolute atomic E-state index is 3.68. The second kappa shape index (κ2) is 5.04. The van der Waals surface area contributed by atoms with E-state index in [1.54, 1.807) is 0 Å². The summed E-state index contributed by atoms with van der Waals surface area (Å²) in [5.74, 6) is 0. The van der Waals surface area contributed by atoms with E-state index in [-0.39, 0.29) is 0 Å². The zero-order valence-electron chi connectivity index (χ0n) is 12.7. The normalized spacial score (nSPS) is 16.6. The van der Waals surface area contributed by atoms with Gasteiger partial charge in [-0.2, -0.15) is 0 Å². The van der Waals surface area contributed by atoms with Crippen molar-refractivity contribution in [3.8, 4) is 0 Å². The van der Waals surface area contributed by atoms with E-state index in [1.807, 2.05) is 0 Å². The van der Waals surface area contributed by atoms with Crippen LogP contribution in [0.2, 0.25) is 0 Å². The molecule has 0 spiro atoms. The van der Waals surface area contributed by atoms with Crippen molar-refractivity contribution in [2.24, 2.45) is 0 Å². The van der Waals surface area contributed by atoms with Crippen LogP contribution in [0.15, 0.2) is 0 Å². The molecule has 0 aliphatic carbocycles. The van der Waals surface area contributed by atoms with Crippen LogP contribution in [0.1, 0.15) is 0 Å². The summed E-state index contributed by atoms with van der Waals surface area (Å²) in [5.41, 5.74) is 0. The molecule has 0 unspecified atom stereocenters. The molecule has 0 aromatic carbocycles. The fourth-order valence-corrected chi connectivity index (χ4v) is 29.3. The van der Waals surface area contributed by atoms with Crippen molar-refractivity contribution < 1.29 is 17.1 Å². The SMILES string of the molecule is C[N](C)[Ta-]([N](C)C)([N](C)C)([N](C)C)[N](C)C. The van der Waals surface area contributed by atoms with Gasteiger partial charge in [-0.15, -0.1) is 0 Å². The van der Waals surface area contributed by atoms with Gasteiger partial charge >= 0.3 is 104 Å². The first-order chi connectivity index (χ1) is 7.06. The average Bonchev–Trinajstić information content (AvgIpc) is 2.00. The molecular weight excluding hydrogens is 371 g/mol. The van der Waals surface area contributed by atoms with Crippen molar-refractivity contribution in [3.05, 3.63) is 0 Å². The van der Waals surface area contributed by atoms with E-state index in [4.69, 9.17) is 0 Å². The molecule has 0 saturated heterocycles. The summed E-state index contributed by atoms with van der Waals surface area (Å²) in [5, 5.41) is 0. The van der Waals surface area contributed by atoms with Crippen LogP contribution >= 0.6 is 0 Å². The molecule has 16 heavy (non-hydrogen) atoms. The summed E-state index contributed by atoms with van der Waals surface area (Å²) >= 11 is -3.68. The Balaban J connectivity index is 6.16. The van der Waals surface area contributed by atoms with E-state index in [9.17, 15) is 0 Å². The van der Waals surface area contributed by atoms with Crippen molar-refractivity contribution in [1.29, 1.82) is 0 Å². The maximum atomic E-state index is 2.42. The fraction of sp³-hybridized carbons (Fsp3) is 1.00. The molecular formula is C10H30N5Ta-. The third kappa shape index (κ3) is 1.62. The number of rotatable bonds is 5. The van der Waals surface area contributed by atoms with Crippen LogP contribution < -0.4 is 0 Å². The molecule has 0 aliphatic rings. The molecule has 0 radical (unpaired) electrons. The molecule has 101 valence electrons.